The number of rotatable bonds is 6. The largest absolute Gasteiger partial charge is 0.372 e. The normalized spacial score (nSPS) is 17.3. The van der Waals surface area contributed by atoms with E-state index in [2.05, 4.69) is 35.8 Å². The quantitative estimate of drug-likeness (QED) is 0.495. The maximum absolute atomic E-state index is 14.0. The fourth-order valence-corrected chi connectivity index (χ4v) is 3.14. The van der Waals surface area contributed by atoms with E-state index in [0.717, 1.165) is 31.2 Å². The fourth-order valence-electron chi connectivity index (χ4n) is 3.14. The third kappa shape index (κ3) is 4.40. The number of nitrogen functional groups attached to an aromatic ring is 1. The van der Waals surface area contributed by atoms with Crippen LogP contribution in [-0.4, -0.2) is 31.8 Å². The van der Waals surface area contributed by atoms with Gasteiger partial charge in [0.25, 0.3) is 0 Å². The molecule has 0 aliphatic carbocycles. The van der Waals surface area contributed by atoms with Gasteiger partial charge in [0.1, 0.15) is 11.6 Å². The first kappa shape index (κ1) is 19.0. The lowest BCUT2D eigenvalue weighted by Crippen LogP contribution is -2.14. The Kier molecular flexibility index (Phi) is 5.21. The van der Waals surface area contributed by atoms with E-state index in [1.54, 1.807) is 6.92 Å². The van der Waals surface area contributed by atoms with Crippen LogP contribution in [0.2, 0.25) is 0 Å². The summed E-state index contributed by atoms with van der Waals surface area (Å²) >= 11 is 0. The number of aromatic nitrogens is 5. The molecule has 0 radical (unpaired) electrons. The number of hydrogen-bond acceptors (Lipinski definition) is 8. The molecule has 4 rings (SSSR count). The number of hydrogen-bond donors (Lipinski definition) is 4. The molecule has 2 unspecified atom stereocenters. The average Bonchev–Trinajstić information content (AvgIpc) is 3.32. The summed E-state index contributed by atoms with van der Waals surface area (Å²) in [6.07, 6.45) is 1.95. The van der Waals surface area contributed by atoms with Crippen molar-refractivity contribution in [2.24, 2.45) is 0 Å². The van der Waals surface area contributed by atoms with Gasteiger partial charge < -0.3 is 21.1 Å². The van der Waals surface area contributed by atoms with Crippen molar-refractivity contribution < 1.29 is 13.5 Å². The standard InChI is InChI=1S/C18H20F2N8O/c1-9(11-5-4-10(19)7-12(11)20)22-17-24-16(21)25-18(26-17)23-15-8-13(27-28-15)14-3-2-6-29-14/h4-5,7-9,14H,2-3,6H2,1H3,(H5,21,22,23,24,25,26,27,28). The smallest absolute Gasteiger partial charge is 0.235 e. The number of benzene rings is 1. The predicted molar refractivity (Wildman–Crippen MR) is 102 cm³/mol. The number of anilines is 4. The highest BCUT2D eigenvalue weighted by Gasteiger charge is 2.20. The molecule has 5 N–H and O–H groups in total. The number of nitrogens with zero attached hydrogens (tertiary/aromatic N) is 4. The lowest BCUT2D eigenvalue weighted by Gasteiger charge is -2.15. The van der Waals surface area contributed by atoms with Gasteiger partial charge in [-0.25, -0.2) is 8.78 Å². The Bertz CT molecular complexity index is 1010. The van der Waals surface area contributed by atoms with Crippen LogP contribution in [0.1, 0.15) is 43.2 Å². The maximum atomic E-state index is 14.0. The molecular formula is C18H20F2N8O. The summed E-state index contributed by atoms with van der Waals surface area (Å²) in [6.45, 7) is 2.43. The van der Waals surface area contributed by atoms with E-state index in [1.807, 2.05) is 6.07 Å². The first-order chi connectivity index (χ1) is 14.0. The minimum Gasteiger partial charge on any atom is -0.372 e. The van der Waals surface area contributed by atoms with E-state index in [4.69, 9.17) is 10.5 Å². The van der Waals surface area contributed by atoms with Crippen molar-refractivity contribution in [2.45, 2.75) is 31.9 Å². The highest BCUT2D eigenvalue weighted by atomic mass is 19.1. The number of aromatic amines is 1. The second-order valence-corrected chi connectivity index (χ2v) is 6.71. The van der Waals surface area contributed by atoms with Crippen LogP contribution in [0.4, 0.5) is 32.4 Å². The second kappa shape index (κ2) is 7.95. The third-order valence-electron chi connectivity index (χ3n) is 4.54. The van der Waals surface area contributed by atoms with Gasteiger partial charge in [-0.05, 0) is 25.8 Å². The topological polar surface area (TPSA) is 127 Å². The third-order valence-corrected chi connectivity index (χ3v) is 4.54. The molecular weight excluding hydrogens is 382 g/mol. The van der Waals surface area contributed by atoms with Gasteiger partial charge in [0.05, 0.1) is 17.8 Å². The average molecular weight is 402 g/mol. The molecule has 2 atom stereocenters. The highest BCUT2D eigenvalue weighted by Crippen LogP contribution is 2.28. The number of H-pyrrole nitrogens is 1. The summed E-state index contributed by atoms with van der Waals surface area (Å²) in [5.41, 5.74) is 6.91. The maximum Gasteiger partial charge on any atom is 0.235 e. The number of ether oxygens (including phenoxy) is 1. The van der Waals surface area contributed by atoms with E-state index < -0.39 is 17.7 Å². The molecule has 1 aliphatic heterocycles. The Labute approximate surface area is 165 Å². The Morgan fingerprint density at radius 3 is 2.79 bits per heavy atom. The molecule has 29 heavy (non-hydrogen) atoms. The number of halogens is 2. The van der Waals surface area contributed by atoms with Crippen LogP contribution in [0.5, 0.6) is 0 Å². The van der Waals surface area contributed by atoms with Crippen LogP contribution in [0.15, 0.2) is 24.3 Å². The van der Waals surface area contributed by atoms with Crippen LogP contribution >= 0.6 is 0 Å². The van der Waals surface area contributed by atoms with Crippen molar-refractivity contribution in [1.29, 1.82) is 0 Å². The van der Waals surface area contributed by atoms with Gasteiger partial charge in [-0.3, -0.25) is 5.10 Å². The fraction of sp³-hybridized carbons (Fsp3) is 0.333. The zero-order valence-corrected chi connectivity index (χ0v) is 15.6. The van der Waals surface area contributed by atoms with Crippen molar-refractivity contribution in [3.63, 3.8) is 0 Å². The summed E-state index contributed by atoms with van der Waals surface area (Å²) in [7, 11) is 0. The number of nitrogens with two attached hydrogens (primary N) is 1. The van der Waals surface area contributed by atoms with Gasteiger partial charge >= 0.3 is 0 Å². The highest BCUT2D eigenvalue weighted by molar-refractivity contribution is 5.51. The van der Waals surface area contributed by atoms with Crippen molar-refractivity contribution in [3.05, 3.63) is 47.2 Å². The molecule has 3 aromatic rings. The van der Waals surface area contributed by atoms with Gasteiger partial charge in [-0.2, -0.15) is 20.1 Å². The molecule has 152 valence electrons. The Morgan fingerprint density at radius 1 is 1.21 bits per heavy atom. The lowest BCUT2D eigenvalue weighted by molar-refractivity contribution is 0.108. The summed E-state index contributed by atoms with van der Waals surface area (Å²) in [6, 6.07) is 4.67. The molecule has 11 heteroatoms. The lowest BCUT2D eigenvalue weighted by atomic mass is 10.1. The van der Waals surface area contributed by atoms with E-state index in [9.17, 15) is 8.78 Å². The Hall–Kier alpha value is -3.34. The van der Waals surface area contributed by atoms with Crippen LogP contribution in [0, 0.1) is 11.6 Å². The molecule has 0 spiro atoms. The first-order valence-electron chi connectivity index (χ1n) is 9.15. The molecule has 9 nitrogen and oxygen atoms in total. The first-order valence-corrected chi connectivity index (χ1v) is 9.15. The van der Waals surface area contributed by atoms with Crippen LogP contribution < -0.4 is 16.4 Å². The van der Waals surface area contributed by atoms with E-state index >= 15 is 0 Å². The van der Waals surface area contributed by atoms with Gasteiger partial charge in [0.15, 0.2) is 5.82 Å². The van der Waals surface area contributed by atoms with Crippen molar-refractivity contribution in [2.75, 3.05) is 23.0 Å². The second-order valence-electron chi connectivity index (χ2n) is 6.71. The minimum absolute atomic E-state index is 0.00478. The van der Waals surface area contributed by atoms with Gasteiger partial charge in [-0.1, -0.05) is 6.07 Å². The molecule has 0 amide bonds. The zero-order valence-electron chi connectivity index (χ0n) is 15.6. The van der Waals surface area contributed by atoms with E-state index in [1.165, 1.54) is 12.1 Å². The van der Waals surface area contributed by atoms with Crippen molar-refractivity contribution >= 4 is 23.7 Å². The monoisotopic (exact) mass is 402 g/mol. The van der Waals surface area contributed by atoms with Gasteiger partial charge in [0, 0.05) is 24.3 Å². The molecule has 1 aromatic carbocycles. The van der Waals surface area contributed by atoms with E-state index in [0.29, 0.717) is 5.82 Å². The Morgan fingerprint density at radius 2 is 2.03 bits per heavy atom. The van der Waals surface area contributed by atoms with Crippen LogP contribution in [0.25, 0.3) is 0 Å². The van der Waals surface area contributed by atoms with Gasteiger partial charge in [-0.15, -0.1) is 0 Å². The molecule has 1 fully saturated rings. The number of nitrogens with one attached hydrogen (secondary N) is 3. The van der Waals surface area contributed by atoms with Crippen molar-refractivity contribution in [1.82, 2.24) is 25.1 Å². The molecule has 0 saturated carbocycles. The SMILES string of the molecule is CC(Nc1nc(N)nc(Nc2cc(C3CCCO3)[nH]n2)n1)c1ccc(F)cc1F. The molecule has 0 bridgehead atoms. The van der Waals surface area contributed by atoms with Crippen molar-refractivity contribution in [3.8, 4) is 0 Å². The summed E-state index contributed by atoms with van der Waals surface area (Å²) < 4.78 is 32.7. The summed E-state index contributed by atoms with van der Waals surface area (Å²) in [4.78, 5) is 12.3. The van der Waals surface area contributed by atoms with Crippen LogP contribution in [0.3, 0.4) is 0 Å². The zero-order chi connectivity index (χ0) is 20.4. The molecule has 1 saturated heterocycles. The van der Waals surface area contributed by atoms with E-state index in [-0.39, 0.29) is 29.5 Å². The summed E-state index contributed by atoms with van der Waals surface area (Å²) in [5.74, 6) is -0.501. The molecule has 2 aromatic heterocycles. The van der Waals surface area contributed by atoms with Crippen LogP contribution in [-0.2, 0) is 4.74 Å². The minimum atomic E-state index is -0.663. The molecule has 1 aliphatic rings. The van der Waals surface area contributed by atoms with Gasteiger partial charge in [0.2, 0.25) is 17.8 Å². The predicted octanol–water partition coefficient (Wildman–Crippen LogP) is 3.22. The molecule has 3 heterocycles. The Balaban J connectivity index is 1.48. The summed E-state index contributed by atoms with van der Waals surface area (Å²) in [5, 5.41) is 13.0.